The van der Waals surface area contributed by atoms with E-state index in [0.29, 0.717) is 28.8 Å². The molecule has 11 heteroatoms. The average molecular weight is 590 g/mol. The van der Waals surface area contributed by atoms with Gasteiger partial charge in [-0.25, -0.2) is 9.97 Å². The highest BCUT2D eigenvalue weighted by Gasteiger charge is 2.24. The summed E-state index contributed by atoms with van der Waals surface area (Å²) >= 11 is 6.50. The molecule has 2 aromatic carbocycles. The Hall–Kier alpha value is -3.91. The molecule has 210 valence electrons. The van der Waals surface area contributed by atoms with Gasteiger partial charge in [-0.2, -0.15) is 4.73 Å². The summed E-state index contributed by atoms with van der Waals surface area (Å²) in [7, 11) is -1.96. The Kier molecular flexibility index (Phi) is 7.67. The van der Waals surface area contributed by atoms with Gasteiger partial charge >= 0.3 is 0 Å². The highest BCUT2D eigenvalue weighted by atomic mass is 35.5. The first-order valence-corrected chi connectivity index (χ1v) is 16.2. The van der Waals surface area contributed by atoms with Crippen molar-refractivity contribution in [3.05, 3.63) is 101 Å². The van der Waals surface area contributed by atoms with Crippen molar-refractivity contribution in [3.63, 3.8) is 0 Å². The molecule has 0 unspecified atom stereocenters. The standard InChI is InChI=1S/C30H29ClN5O4P/c1-41(38)14-12-35(13-15-41)18-24-7-10-28(40-24)21-5-8-27-25(16-21)30(33-20-32-27)34-22-6-9-29(26(31)17-22)39-19-23-4-2-3-11-36(23)37/h2-11,16-17,20H,12-15,18-19H2,1H3,(H,32,33,34). The molecule has 1 saturated heterocycles. The summed E-state index contributed by atoms with van der Waals surface area (Å²) < 4.78 is 25.0. The number of furan rings is 1. The topological polar surface area (TPSA) is 107 Å². The van der Waals surface area contributed by atoms with Crippen LogP contribution in [-0.4, -0.2) is 46.9 Å². The van der Waals surface area contributed by atoms with Gasteiger partial charge in [-0.3, -0.25) is 4.90 Å². The number of aromatic nitrogens is 3. The first-order chi connectivity index (χ1) is 19.8. The Bertz CT molecular complexity index is 1750. The van der Waals surface area contributed by atoms with Crippen molar-refractivity contribution in [2.24, 2.45) is 0 Å². The number of ether oxygens (including phenoxy) is 1. The molecule has 6 rings (SSSR count). The van der Waals surface area contributed by atoms with Crippen molar-refractivity contribution in [3.8, 4) is 17.1 Å². The predicted molar refractivity (Wildman–Crippen MR) is 160 cm³/mol. The Balaban J connectivity index is 1.17. The fourth-order valence-electron chi connectivity index (χ4n) is 4.80. The maximum absolute atomic E-state index is 12.3. The minimum atomic E-state index is -1.96. The molecular weight excluding hydrogens is 561 g/mol. The SMILES string of the molecule is CP1(=O)CCN(Cc2ccc(-c3ccc4ncnc(Nc5ccc(OCc6cccc[n+]6[O-])c(Cl)c5)c4c3)o2)CC1. The van der Waals surface area contributed by atoms with Gasteiger partial charge in [0.25, 0.3) is 0 Å². The van der Waals surface area contributed by atoms with Gasteiger partial charge in [-0.05, 0) is 61.3 Å². The average Bonchev–Trinajstić information content (AvgIpc) is 3.43. The normalized spacial score (nSPS) is 15.2. The minimum absolute atomic E-state index is 0.101. The fourth-order valence-corrected chi connectivity index (χ4v) is 6.67. The van der Waals surface area contributed by atoms with E-state index in [1.54, 1.807) is 30.3 Å². The van der Waals surface area contributed by atoms with E-state index < -0.39 is 7.14 Å². The molecule has 0 bridgehead atoms. The van der Waals surface area contributed by atoms with E-state index in [9.17, 15) is 9.77 Å². The summed E-state index contributed by atoms with van der Waals surface area (Å²) in [6.07, 6.45) is 4.46. The first kappa shape index (κ1) is 27.3. The maximum Gasteiger partial charge on any atom is 0.230 e. The van der Waals surface area contributed by atoms with E-state index in [-0.39, 0.29) is 6.61 Å². The number of nitrogens with one attached hydrogen (secondary N) is 1. The summed E-state index contributed by atoms with van der Waals surface area (Å²) in [4.78, 5) is 11.2. The van der Waals surface area contributed by atoms with E-state index >= 15 is 0 Å². The molecule has 0 spiro atoms. The number of pyridine rings is 1. The molecular formula is C30H29ClN5O4P. The summed E-state index contributed by atoms with van der Waals surface area (Å²) in [6, 6.07) is 20.4. The van der Waals surface area contributed by atoms with E-state index in [2.05, 4.69) is 20.2 Å². The molecule has 1 aliphatic rings. The van der Waals surface area contributed by atoms with Gasteiger partial charge in [-0.1, -0.05) is 11.6 Å². The number of fused-ring (bicyclic) bond motifs is 1. The van der Waals surface area contributed by atoms with Crippen molar-refractivity contribution < 1.29 is 18.4 Å². The van der Waals surface area contributed by atoms with Gasteiger partial charge in [0.05, 0.1) is 24.2 Å². The van der Waals surface area contributed by atoms with E-state index in [1.165, 1.54) is 12.5 Å². The molecule has 0 saturated carbocycles. The molecule has 0 radical (unpaired) electrons. The maximum atomic E-state index is 12.3. The van der Waals surface area contributed by atoms with Crippen molar-refractivity contribution >= 4 is 41.2 Å². The smallest absolute Gasteiger partial charge is 0.230 e. The van der Waals surface area contributed by atoms with Crippen LogP contribution < -0.4 is 14.8 Å². The number of benzene rings is 2. The lowest BCUT2D eigenvalue weighted by Crippen LogP contribution is -2.33. The van der Waals surface area contributed by atoms with Crippen LogP contribution in [0.1, 0.15) is 11.5 Å². The molecule has 5 aromatic rings. The molecule has 0 amide bonds. The Morgan fingerprint density at radius 2 is 1.95 bits per heavy atom. The third kappa shape index (κ3) is 6.38. The quantitative estimate of drug-likeness (QED) is 0.127. The monoisotopic (exact) mass is 589 g/mol. The predicted octanol–water partition coefficient (Wildman–Crippen LogP) is 6.31. The second-order valence-electron chi connectivity index (χ2n) is 10.3. The molecule has 0 atom stereocenters. The lowest BCUT2D eigenvalue weighted by Gasteiger charge is -2.29. The number of hydrogen-bond acceptors (Lipinski definition) is 8. The summed E-state index contributed by atoms with van der Waals surface area (Å²) in [5.74, 6) is 2.74. The molecule has 1 N–H and O–H groups in total. The molecule has 3 aromatic heterocycles. The molecule has 0 aliphatic carbocycles. The second kappa shape index (κ2) is 11.5. The van der Waals surface area contributed by atoms with Crippen LogP contribution in [0.3, 0.4) is 0 Å². The third-order valence-corrected chi connectivity index (χ3v) is 9.80. The van der Waals surface area contributed by atoms with Crippen LogP contribution >= 0.6 is 18.7 Å². The van der Waals surface area contributed by atoms with Crippen LogP contribution in [0.2, 0.25) is 5.02 Å². The lowest BCUT2D eigenvalue weighted by molar-refractivity contribution is -0.616. The second-order valence-corrected chi connectivity index (χ2v) is 14.2. The van der Waals surface area contributed by atoms with Crippen LogP contribution in [0.25, 0.3) is 22.2 Å². The third-order valence-electron chi connectivity index (χ3n) is 7.21. The Morgan fingerprint density at radius 1 is 1.10 bits per heavy atom. The van der Waals surface area contributed by atoms with E-state index in [4.69, 9.17) is 20.8 Å². The van der Waals surface area contributed by atoms with Gasteiger partial charge in [0, 0.05) is 54.2 Å². The van der Waals surface area contributed by atoms with Crippen molar-refractivity contribution in [1.29, 1.82) is 0 Å². The zero-order chi connectivity index (χ0) is 28.4. The van der Waals surface area contributed by atoms with Gasteiger partial charge in [0.2, 0.25) is 5.69 Å². The highest BCUT2D eigenvalue weighted by Crippen LogP contribution is 2.43. The van der Waals surface area contributed by atoms with Crippen LogP contribution in [0.4, 0.5) is 11.5 Å². The van der Waals surface area contributed by atoms with Crippen LogP contribution in [0.15, 0.2) is 83.7 Å². The zero-order valence-electron chi connectivity index (χ0n) is 22.5. The summed E-state index contributed by atoms with van der Waals surface area (Å²) in [5.41, 5.74) is 2.91. The van der Waals surface area contributed by atoms with Gasteiger partial charge in [0.15, 0.2) is 12.8 Å². The zero-order valence-corrected chi connectivity index (χ0v) is 24.1. The number of nitrogens with zero attached hydrogens (tertiary/aromatic N) is 4. The number of anilines is 2. The van der Waals surface area contributed by atoms with E-state index in [0.717, 1.165) is 63.8 Å². The van der Waals surface area contributed by atoms with Gasteiger partial charge < -0.3 is 24.2 Å². The summed E-state index contributed by atoms with van der Waals surface area (Å²) in [6.45, 7) is 4.36. The van der Waals surface area contributed by atoms with Crippen molar-refractivity contribution in [1.82, 2.24) is 14.9 Å². The van der Waals surface area contributed by atoms with Gasteiger partial charge in [-0.15, -0.1) is 0 Å². The highest BCUT2D eigenvalue weighted by molar-refractivity contribution is 7.63. The van der Waals surface area contributed by atoms with Crippen LogP contribution in [0, 0.1) is 5.21 Å². The first-order valence-electron chi connectivity index (χ1n) is 13.3. The molecule has 4 heterocycles. The molecule has 9 nitrogen and oxygen atoms in total. The largest absolute Gasteiger partial charge is 0.618 e. The van der Waals surface area contributed by atoms with Crippen molar-refractivity contribution in [2.75, 3.05) is 37.4 Å². The molecule has 1 aliphatic heterocycles. The number of rotatable bonds is 8. The number of halogens is 1. The molecule has 1 fully saturated rings. The Labute approximate surface area is 242 Å². The minimum Gasteiger partial charge on any atom is -0.618 e. The Morgan fingerprint density at radius 3 is 2.76 bits per heavy atom. The number of hydrogen-bond donors (Lipinski definition) is 1. The fraction of sp³-hybridized carbons (Fsp3) is 0.233. The lowest BCUT2D eigenvalue weighted by atomic mass is 10.1. The van der Waals surface area contributed by atoms with Crippen LogP contribution in [-0.2, 0) is 17.7 Å². The van der Waals surface area contributed by atoms with Crippen molar-refractivity contribution in [2.45, 2.75) is 13.2 Å². The molecule has 41 heavy (non-hydrogen) atoms. The van der Waals surface area contributed by atoms with Crippen LogP contribution in [0.5, 0.6) is 5.75 Å². The van der Waals surface area contributed by atoms with E-state index in [1.807, 2.05) is 43.1 Å². The van der Waals surface area contributed by atoms with Gasteiger partial charge in [0.1, 0.15) is 29.4 Å². The summed E-state index contributed by atoms with van der Waals surface area (Å²) in [5, 5.41) is 16.4.